The first-order valence-electron chi connectivity index (χ1n) is 9.02. The summed E-state index contributed by atoms with van der Waals surface area (Å²) in [5.74, 6) is 0.103. The molecule has 1 aromatic heterocycles. The second-order valence-electron chi connectivity index (χ2n) is 6.63. The second kappa shape index (κ2) is 8.31. The second-order valence-corrected chi connectivity index (χ2v) is 7.49. The maximum atomic E-state index is 12.5. The minimum absolute atomic E-state index is 0.0751. The molecule has 1 amide bonds. The number of carbonyl (C=O) groups excluding carboxylic acids is 1. The minimum atomic E-state index is -0.489. The molecule has 7 heteroatoms. The van der Waals surface area contributed by atoms with E-state index in [-0.39, 0.29) is 11.3 Å². The highest BCUT2D eigenvalue weighted by atomic mass is 32.1. The number of carbonyl (C=O) groups is 1. The van der Waals surface area contributed by atoms with E-state index in [4.69, 9.17) is 0 Å². The Bertz CT molecular complexity index is 1010. The fourth-order valence-corrected chi connectivity index (χ4v) is 3.63. The summed E-state index contributed by atoms with van der Waals surface area (Å²) in [5.41, 5.74) is 3.58. The molecule has 1 atom stereocenters. The van der Waals surface area contributed by atoms with Crippen molar-refractivity contribution in [3.8, 4) is 11.3 Å². The lowest BCUT2D eigenvalue weighted by Gasteiger charge is -2.09. The van der Waals surface area contributed by atoms with Crippen LogP contribution in [0.1, 0.15) is 47.7 Å². The molecule has 0 aliphatic heterocycles. The Balaban J connectivity index is 1.77. The van der Waals surface area contributed by atoms with E-state index in [9.17, 15) is 14.9 Å². The number of anilines is 1. The molecule has 0 saturated heterocycles. The Hall–Kier alpha value is -3.06. The third kappa shape index (κ3) is 4.09. The van der Waals surface area contributed by atoms with Crippen molar-refractivity contribution in [3.05, 3.63) is 74.6 Å². The van der Waals surface area contributed by atoms with Gasteiger partial charge in [0.05, 0.1) is 10.6 Å². The number of hydrogen-bond acceptors (Lipinski definition) is 5. The molecule has 28 heavy (non-hydrogen) atoms. The molecule has 1 unspecified atom stereocenters. The number of benzene rings is 2. The largest absolute Gasteiger partial charge is 0.298 e. The van der Waals surface area contributed by atoms with Gasteiger partial charge in [0.15, 0.2) is 5.13 Å². The van der Waals surface area contributed by atoms with Crippen LogP contribution < -0.4 is 5.32 Å². The third-order valence-electron chi connectivity index (χ3n) is 4.86. The van der Waals surface area contributed by atoms with Gasteiger partial charge < -0.3 is 0 Å². The Morgan fingerprint density at radius 2 is 1.96 bits per heavy atom. The van der Waals surface area contributed by atoms with Gasteiger partial charge >= 0.3 is 0 Å². The lowest BCUT2D eigenvalue weighted by atomic mass is 9.97. The van der Waals surface area contributed by atoms with Crippen molar-refractivity contribution in [2.24, 2.45) is 0 Å². The highest BCUT2D eigenvalue weighted by Gasteiger charge is 2.19. The van der Waals surface area contributed by atoms with Gasteiger partial charge in [0.1, 0.15) is 0 Å². The van der Waals surface area contributed by atoms with Crippen molar-refractivity contribution in [2.75, 3.05) is 5.32 Å². The monoisotopic (exact) mass is 395 g/mol. The molecule has 0 fully saturated rings. The number of nitro benzene ring substituents is 1. The number of nitrogens with one attached hydrogen (secondary N) is 1. The van der Waals surface area contributed by atoms with Crippen molar-refractivity contribution in [2.45, 2.75) is 33.1 Å². The van der Waals surface area contributed by atoms with E-state index in [1.165, 1.54) is 29.0 Å². The summed E-state index contributed by atoms with van der Waals surface area (Å²) in [6.45, 7) is 5.93. The first-order valence-corrected chi connectivity index (χ1v) is 9.90. The van der Waals surface area contributed by atoms with E-state index in [1.807, 2.05) is 17.5 Å². The molecule has 1 N–H and O–H groups in total. The number of rotatable bonds is 6. The highest BCUT2D eigenvalue weighted by molar-refractivity contribution is 7.14. The maximum absolute atomic E-state index is 12.5. The Labute approximate surface area is 167 Å². The first-order chi connectivity index (χ1) is 13.4. The van der Waals surface area contributed by atoms with Crippen molar-refractivity contribution < 1.29 is 9.72 Å². The van der Waals surface area contributed by atoms with Crippen molar-refractivity contribution in [3.63, 3.8) is 0 Å². The fourth-order valence-electron chi connectivity index (χ4n) is 2.91. The van der Waals surface area contributed by atoms with Crippen LogP contribution in [0.15, 0.2) is 47.8 Å². The van der Waals surface area contributed by atoms with Gasteiger partial charge in [0, 0.05) is 28.1 Å². The van der Waals surface area contributed by atoms with Crippen LogP contribution in [0.25, 0.3) is 11.3 Å². The Morgan fingerprint density at radius 3 is 2.61 bits per heavy atom. The van der Waals surface area contributed by atoms with Gasteiger partial charge in [-0.05, 0) is 30.9 Å². The first kappa shape index (κ1) is 19.7. The molecule has 6 nitrogen and oxygen atoms in total. The molecule has 2 aromatic carbocycles. The summed E-state index contributed by atoms with van der Waals surface area (Å²) in [6.07, 6.45) is 1.09. The summed E-state index contributed by atoms with van der Waals surface area (Å²) < 4.78 is 0. The summed E-state index contributed by atoms with van der Waals surface area (Å²) in [6, 6.07) is 12.7. The van der Waals surface area contributed by atoms with Crippen LogP contribution in [0, 0.1) is 17.0 Å². The number of nitro groups is 1. The summed E-state index contributed by atoms with van der Waals surface area (Å²) in [4.78, 5) is 27.6. The molecule has 0 aliphatic carbocycles. The van der Waals surface area contributed by atoms with E-state index in [0.717, 1.165) is 17.7 Å². The van der Waals surface area contributed by atoms with Crippen LogP contribution in [0.5, 0.6) is 0 Å². The summed E-state index contributed by atoms with van der Waals surface area (Å²) >= 11 is 1.32. The van der Waals surface area contributed by atoms with Crippen LogP contribution >= 0.6 is 11.3 Å². The van der Waals surface area contributed by atoms with Gasteiger partial charge in [-0.15, -0.1) is 11.3 Å². The topological polar surface area (TPSA) is 85.1 Å². The molecule has 0 spiro atoms. The van der Waals surface area contributed by atoms with Gasteiger partial charge in [0.2, 0.25) is 0 Å². The molecule has 1 heterocycles. The molecule has 0 aliphatic rings. The Kier molecular flexibility index (Phi) is 5.84. The van der Waals surface area contributed by atoms with E-state index in [1.54, 1.807) is 13.0 Å². The minimum Gasteiger partial charge on any atom is -0.298 e. The quantitative estimate of drug-likeness (QED) is 0.423. The number of nitrogens with zero attached hydrogens (tertiary/aromatic N) is 2. The molecule has 0 radical (unpaired) electrons. The SMILES string of the molecule is CCC(C)c1ccc(-c2csc(NC(=O)c3cccc([N+](=O)[O-])c3C)n2)cc1. The van der Waals surface area contributed by atoms with Crippen molar-refractivity contribution in [1.82, 2.24) is 4.98 Å². The smallest absolute Gasteiger partial charge is 0.273 e. The maximum Gasteiger partial charge on any atom is 0.273 e. The lowest BCUT2D eigenvalue weighted by Crippen LogP contribution is -2.14. The zero-order valence-corrected chi connectivity index (χ0v) is 16.7. The van der Waals surface area contributed by atoms with Crippen LogP contribution in [0.4, 0.5) is 10.8 Å². The van der Waals surface area contributed by atoms with Crippen LogP contribution in [0.3, 0.4) is 0 Å². The normalized spacial score (nSPS) is 11.8. The molecule has 0 saturated carbocycles. The van der Waals surface area contributed by atoms with Crippen molar-refractivity contribution >= 4 is 28.1 Å². The zero-order valence-electron chi connectivity index (χ0n) is 15.9. The molecular weight excluding hydrogens is 374 g/mol. The highest BCUT2D eigenvalue weighted by Crippen LogP contribution is 2.28. The van der Waals surface area contributed by atoms with Gasteiger partial charge in [-0.25, -0.2) is 4.98 Å². The number of amides is 1. The lowest BCUT2D eigenvalue weighted by molar-refractivity contribution is -0.385. The van der Waals surface area contributed by atoms with Crippen molar-refractivity contribution in [1.29, 1.82) is 0 Å². The predicted octanol–water partition coefficient (Wildman–Crippen LogP) is 5.79. The zero-order chi connectivity index (χ0) is 20.3. The van der Waals surface area contributed by atoms with Crippen LogP contribution in [-0.2, 0) is 0 Å². The third-order valence-corrected chi connectivity index (χ3v) is 5.62. The number of hydrogen-bond donors (Lipinski definition) is 1. The average Bonchev–Trinajstić information content (AvgIpc) is 3.15. The van der Waals surface area contributed by atoms with Gasteiger partial charge in [-0.3, -0.25) is 20.2 Å². The predicted molar refractivity (Wildman–Crippen MR) is 112 cm³/mol. The average molecular weight is 395 g/mol. The summed E-state index contributed by atoms with van der Waals surface area (Å²) in [5, 5.41) is 16.1. The molecule has 3 rings (SSSR count). The van der Waals surface area contributed by atoms with E-state index >= 15 is 0 Å². The fraction of sp³-hybridized carbons (Fsp3) is 0.238. The number of thiazole rings is 1. The van der Waals surface area contributed by atoms with Crippen LogP contribution in [0.2, 0.25) is 0 Å². The Morgan fingerprint density at radius 1 is 1.25 bits per heavy atom. The van der Waals surface area contributed by atoms with Gasteiger partial charge in [-0.1, -0.05) is 44.2 Å². The standard InChI is InChI=1S/C21H21N3O3S/c1-4-13(2)15-8-10-16(11-9-15)18-12-28-21(22-18)23-20(25)17-6-5-7-19(14(17)3)24(26)27/h5-13H,4H2,1-3H3,(H,22,23,25). The number of aromatic nitrogens is 1. The molecular formula is C21H21N3O3S. The molecule has 3 aromatic rings. The molecule has 0 bridgehead atoms. The van der Waals surface area contributed by atoms with Gasteiger partial charge in [-0.2, -0.15) is 0 Å². The molecule has 144 valence electrons. The van der Waals surface area contributed by atoms with Gasteiger partial charge in [0.25, 0.3) is 11.6 Å². The summed E-state index contributed by atoms with van der Waals surface area (Å²) in [7, 11) is 0. The van der Waals surface area contributed by atoms with Crippen LogP contribution in [-0.4, -0.2) is 15.8 Å². The van der Waals surface area contributed by atoms with E-state index < -0.39 is 10.8 Å². The van der Waals surface area contributed by atoms with E-state index in [2.05, 4.69) is 36.3 Å². The van der Waals surface area contributed by atoms with E-state index in [0.29, 0.717) is 16.6 Å².